The smallest absolute Gasteiger partial charge is 0.228 e. The minimum atomic E-state index is -0.365. The summed E-state index contributed by atoms with van der Waals surface area (Å²) < 4.78 is 14.7. The molecule has 3 heteroatoms. The fourth-order valence-electron chi connectivity index (χ4n) is 3.56. The lowest BCUT2D eigenvalue weighted by atomic mass is 9.98. The summed E-state index contributed by atoms with van der Waals surface area (Å²) >= 11 is 0. The van der Waals surface area contributed by atoms with Gasteiger partial charge in [-0.2, -0.15) is 0 Å². The second-order valence-electron chi connectivity index (χ2n) is 7.41. The number of carbonyl (C=O) groups excluding carboxylic acids is 1. The molecule has 26 heavy (non-hydrogen) atoms. The summed E-state index contributed by atoms with van der Waals surface area (Å²) in [6, 6.07) is 19.2. The lowest BCUT2D eigenvalue weighted by Gasteiger charge is -2.10. The van der Waals surface area contributed by atoms with E-state index in [0.29, 0.717) is 11.3 Å². The molecular formula is C23H22FNO. The molecule has 1 aliphatic carbocycles. The summed E-state index contributed by atoms with van der Waals surface area (Å²) in [5.41, 5.74) is 2.75. The maximum Gasteiger partial charge on any atom is 0.228 e. The molecule has 0 unspecified atom stereocenters. The molecule has 0 saturated heterocycles. The predicted octanol–water partition coefficient (Wildman–Crippen LogP) is 5.84. The molecule has 2 nitrogen and oxygen atoms in total. The largest absolute Gasteiger partial charge is 0.323 e. The average molecular weight is 347 g/mol. The van der Waals surface area contributed by atoms with Gasteiger partial charge in [0.2, 0.25) is 5.91 Å². The topological polar surface area (TPSA) is 29.1 Å². The van der Waals surface area contributed by atoms with Gasteiger partial charge in [-0.15, -0.1) is 0 Å². The maximum absolute atomic E-state index is 14.7. The first-order chi connectivity index (χ1) is 12.5. The molecule has 0 bridgehead atoms. The van der Waals surface area contributed by atoms with Crippen LogP contribution in [0.2, 0.25) is 0 Å². The Hall–Kier alpha value is -2.68. The van der Waals surface area contributed by atoms with E-state index >= 15 is 0 Å². The van der Waals surface area contributed by atoms with Crippen LogP contribution in [0.25, 0.3) is 10.8 Å². The summed E-state index contributed by atoms with van der Waals surface area (Å²) in [5, 5.41) is 4.15. The van der Waals surface area contributed by atoms with Gasteiger partial charge in [0.1, 0.15) is 0 Å². The average Bonchev–Trinajstić information content (AvgIpc) is 3.45. The molecule has 2 atom stereocenters. The van der Waals surface area contributed by atoms with E-state index in [9.17, 15) is 9.18 Å². The van der Waals surface area contributed by atoms with Crippen LogP contribution < -0.4 is 5.32 Å². The van der Waals surface area contributed by atoms with Crippen LogP contribution in [0.4, 0.5) is 10.1 Å². The number of nitrogens with one attached hydrogen (secondary N) is 1. The third-order valence-corrected chi connectivity index (χ3v) is 5.25. The molecule has 4 rings (SSSR count). The Balaban J connectivity index is 1.50. The van der Waals surface area contributed by atoms with Gasteiger partial charge in [0.15, 0.2) is 5.82 Å². The van der Waals surface area contributed by atoms with Gasteiger partial charge in [0.25, 0.3) is 0 Å². The van der Waals surface area contributed by atoms with Crippen molar-refractivity contribution in [2.24, 2.45) is 5.92 Å². The lowest BCUT2D eigenvalue weighted by Crippen LogP contribution is -2.15. The summed E-state index contributed by atoms with van der Waals surface area (Å²) in [6.45, 7) is 4.33. The highest BCUT2D eigenvalue weighted by atomic mass is 19.1. The number of amides is 1. The van der Waals surface area contributed by atoms with Crippen molar-refractivity contribution in [1.82, 2.24) is 0 Å². The predicted molar refractivity (Wildman–Crippen MR) is 104 cm³/mol. The van der Waals surface area contributed by atoms with Crippen LogP contribution in [0, 0.1) is 11.7 Å². The van der Waals surface area contributed by atoms with E-state index in [4.69, 9.17) is 0 Å². The van der Waals surface area contributed by atoms with Gasteiger partial charge in [-0.05, 0) is 40.8 Å². The molecule has 1 aliphatic rings. The SMILES string of the molecule is CC(C)c1cccc([C@@H]2C[C@H]2C(=O)Nc2ccc3ccccc3c2F)c1. The number of fused-ring (bicyclic) bond motifs is 1. The van der Waals surface area contributed by atoms with Crippen molar-refractivity contribution in [3.63, 3.8) is 0 Å². The first-order valence-electron chi connectivity index (χ1n) is 9.12. The quantitative estimate of drug-likeness (QED) is 0.631. The highest BCUT2D eigenvalue weighted by molar-refractivity contribution is 5.98. The summed E-state index contributed by atoms with van der Waals surface area (Å²) in [5.74, 6) is 0.155. The van der Waals surface area contributed by atoms with Crippen molar-refractivity contribution in [3.05, 3.63) is 77.6 Å². The monoisotopic (exact) mass is 347 g/mol. The van der Waals surface area contributed by atoms with Crippen molar-refractivity contribution >= 4 is 22.4 Å². The fraction of sp³-hybridized carbons (Fsp3) is 0.261. The molecule has 3 aromatic carbocycles. The van der Waals surface area contributed by atoms with Crippen molar-refractivity contribution in [1.29, 1.82) is 0 Å². The van der Waals surface area contributed by atoms with Crippen molar-refractivity contribution in [3.8, 4) is 0 Å². The Kier molecular flexibility index (Phi) is 4.23. The molecular weight excluding hydrogens is 325 g/mol. The molecule has 3 aromatic rings. The highest BCUT2D eigenvalue weighted by Gasteiger charge is 2.44. The van der Waals surface area contributed by atoms with Gasteiger partial charge >= 0.3 is 0 Å². The number of carbonyl (C=O) groups is 1. The van der Waals surface area contributed by atoms with Crippen LogP contribution in [0.1, 0.15) is 43.2 Å². The maximum atomic E-state index is 14.7. The molecule has 0 heterocycles. The first-order valence-corrected chi connectivity index (χ1v) is 9.12. The summed E-state index contributed by atoms with van der Waals surface area (Å²) in [6.07, 6.45) is 0.822. The molecule has 0 aromatic heterocycles. The minimum Gasteiger partial charge on any atom is -0.323 e. The molecule has 1 N–H and O–H groups in total. The van der Waals surface area contributed by atoms with Crippen molar-refractivity contribution < 1.29 is 9.18 Å². The lowest BCUT2D eigenvalue weighted by molar-refractivity contribution is -0.117. The van der Waals surface area contributed by atoms with E-state index in [2.05, 4.69) is 43.4 Å². The van der Waals surface area contributed by atoms with Crippen LogP contribution in [-0.4, -0.2) is 5.91 Å². The first kappa shape index (κ1) is 16.8. The van der Waals surface area contributed by atoms with E-state index in [1.165, 1.54) is 11.1 Å². The van der Waals surface area contributed by atoms with Crippen LogP contribution in [-0.2, 0) is 4.79 Å². The van der Waals surface area contributed by atoms with E-state index < -0.39 is 0 Å². The molecule has 1 amide bonds. The zero-order valence-electron chi connectivity index (χ0n) is 15.0. The number of rotatable bonds is 4. The number of hydrogen-bond acceptors (Lipinski definition) is 1. The fourth-order valence-corrected chi connectivity index (χ4v) is 3.56. The number of halogens is 1. The van der Waals surface area contributed by atoms with E-state index in [1.54, 1.807) is 18.2 Å². The number of benzene rings is 3. The Morgan fingerprint density at radius 1 is 1.08 bits per heavy atom. The number of anilines is 1. The van der Waals surface area contributed by atoms with E-state index in [-0.39, 0.29) is 29.2 Å². The Morgan fingerprint density at radius 3 is 2.69 bits per heavy atom. The second-order valence-corrected chi connectivity index (χ2v) is 7.41. The highest BCUT2D eigenvalue weighted by Crippen LogP contribution is 2.48. The molecule has 1 saturated carbocycles. The van der Waals surface area contributed by atoms with Crippen LogP contribution >= 0.6 is 0 Å². The molecule has 132 valence electrons. The second kappa shape index (κ2) is 6.56. The van der Waals surface area contributed by atoms with Crippen molar-refractivity contribution in [2.75, 3.05) is 5.32 Å². The summed E-state index contributed by atoms with van der Waals surface area (Å²) in [7, 11) is 0. The minimum absolute atomic E-state index is 0.0803. The van der Waals surface area contributed by atoms with E-state index in [1.807, 2.05) is 18.2 Å². The van der Waals surface area contributed by atoms with Gasteiger partial charge in [0.05, 0.1) is 5.69 Å². The zero-order valence-corrected chi connectivity index (χ0v) is 15.0. The third kappa shape index (κ3) is 3.10. The Labute approximate surface area is 153 Å². The standard InChI is InChI=1S/C23H22FNO/c1-14(2)16-7-5-8-17(12-16)19-13-20(19)23(26)25-21-11-10-15-6-3-4-9-18(15)22(21)24/h3-12,14,19-20H,13H2,1-2H3,(H,25,26)/t19-,20+/m0/s1. The Bertz CT molecular complexity index is 979. The molecule has 0 radical (unpaired) electrons. The van der Waals surface area contributed by atoms with E-state index in [0.717, 1.165) is 11.8 Å². The molecule has 0 aliphatic heterocycles. The van der Waals surface area contributed by atoms with Crippen molar-refractivity contribution in [2.45, 2.75) is 32.1 Å². The molecule has 1 fully saturated rings. The van der Waals surface area contributed by atoms with Crippen LogP contribution in [0.3, 0.4) is 0 Å². The van der Waals surface area contributed by atoms with Gasteiger partial charge < -0.3 is 5.32 Å². The number of hydrogen-bond donors (Lipinski definition) is 1. The molecule has 0 spiro atoms. The normalized spacial score (nSPS) is 18.9. The Morgan fingerprint density at radius 2 is 1.88 bits per heavy atom. The van der Waals surface area contributed by atoms with Crippen LogP contribution in [0.15, 0.2) is 60.7 Å². The van der Waals surface area contributed by atoms with Gasteiger partial charge in [0, 0.05) is 11.3 Å². The van der Waals surface area contributed by atoms with Gasteiger partial charge in [-0.25, -0.2) is 4.39 Å². The zero-order chi connectivity index (χ0) is 18.3. The third-order valence-electron chi connectivity index (χ3n) is 5.25. The van der Waals surface area contributed by atoms with Crippen LogP contribution in [0.5, 0.6) is 0 Å². The van der Waals surface area contributed by atoms with Gasteiger partial charge in [-0.3, -0.25) is 4.79 Å². The summed E-state index contributed by atoms with van der Waals surface area (Å²) in [4.78, 5) is 12.6. The van der Waals surface area contributed by atoms with Gasteiger partial charge in [-0.1, -0.05) is 68.4 Å².